The summed E-state index contributed by atoms with van der Waals surface area (Å²) in [7, 11) is 0. The van der Waals surface area contributed by atoms with E-state index in [9.17, 15) is 9.90 Å². The van der Waals surface area contributed by atoms with Gasteiger partial charge in [-0.15, -0.1) is 11.3 Å². The van der Waals surface area contributed by atoms with Crippen LogP contribution in [0.25, 0.3) is 10.1 Å². The normalized spacial score (nSPS) is 12.1. The Hall–Kier alpha value is -0.770. The Morgan fingerprint density at radius 2 is 1.78 bits per heavy atom. The molecule has 0 aliphatic carbocycles. The topological polar surface area (TPSA) is 37.3 Å². The largest absolute Gasteiger partial charge is 0.477 e. The van der Waals surface area contributed by atoms with Gasteiger partial charge < -0.3 is 5.11 Å². The molecular weight excluding hydrogens is 291 g/mol. The summed E-state index contributed by atoms with van der Waals surface area (Å²) in [5.74, 6) is -0.937. The van der Waals surface area contributed by atoms with Gasteiger partial charge in [-0.1, -0.05) is 44.0 Å². The van der Waals surface area contributed by atoms with E-state index in [-0.39, 0.29) is 5.41 Å². The van der Waals surface area contributed by atoms with Crippen LogP contribution in [0.4, 0.5) is 0 Å². The van der Waals surface area contributed by atoms with Crippen molar-refractivity contribution in [1.29, 1.82) is 0 Å². The molecule has 1 N–H and O–H groups in total. The van der Waals surface area contributed by atoms with Crippen molar-refractivity contribution in [3.05, 3.63) is 32.6 Å². The lowest BCUT2D eigenvalue weighted by atomic mass is 9.85. The molecule has 1 heterocycles. The maximum Gasteiger partial charge on any atom is 0.346 e. The highest BCUT2D eigenvalue weighted by Crippen LogP contribution is 2.44. The molecule has 0 radical (unpaired) electrons. The van der Waals surface area contributed by atoms with Gasteiger partial charge in [-0.3, -0.25) is 0 Å². The van der Waals surface area contributed by atoms with Gasteiger partial charge in [0.2, 0.25) is 0 Å². The fourth-order valence-electron chi connectivity index (χ4n) is 2.00. The van der Waals surface area contributed by atoms with Crippen LogP contribution in [0.3, 0.4) is 0 Å². The SMILES string of the molecule is CC(C)(C)c1c(C(=O)O)sc2c(Cl)ccc(Cl)c12. The van der Waals surface area contributed by atoms with E-state index < -0.39 is 5.97 Å². The number of carboxylic acid groups (broad SMARTS) is 1. The molecule has 0 fully saturated rings. The summed E-state index contributed by atoms with van der Waals surface area (Å²) in [6.07, 6.45) is 0. The lowest BCUT2D eigenvalue weighted by molar-refractivity contribution is 0.0700. The van der Waals surface area contributed by atoms with Crippen LogP contribution in [0, 0.1) is 0 Å². The minimum Gasteiger partial charge on any atom is -0.477 e. The van der Waals surface area contributed by atoms with Gasteiger partial charge in [0.25, 0.3) is 0 Å². The van der Waals surface area contributed by atoms with Gasteiger partial charge in [-0.05, 0) is 23.1 Å². The molecule has 0 aliphatic rings. The van der Waals surface area contributed by atoms with Gasteiger partial charge in [-0.25, -0.2) is 4.79 Å². The first kappa shape index (κ1) is 13.7. The summed E-state index contributed by atoms with van der Waals surface area (Å²) < 4.78 is 0.742. The molecule has 0 saturated heterocycles. The van der Waals surface area contributed by atoms with Gasteiger partial charge in [0.15, 0.2) is 0 Å². The van der Waals surface area contributed by atoms with E-state index in [4.69, 9.17) is 23.2 Å². The minimum absolute atomic E-state index is 0.305. The molecule has 0 atom stereocenters. The highest BCUT2D eigenvalue weighted by Gasteiger charge is 2.29. The average molecular weight is 303 g/mol. The fraction of sp³-hybridized carbons (Fsp3) is 0.308. The number of fused-ring (bicyclic) bond motifs is 1. The molecule has 0 amide bonds. The lowest BCUT2D eigenvalue weighted by Gasteiger charge is -2.19. The number of hydrogen-bond donors (Lipinski definition) is 1. The van der Waals surface area contributed by atoms with Crippen molar-refractivity contribution in [1.82, 2.24) is 0 Å². The Labute approximate surface area is 119 Å². The zero-order chi connectivity index (χ0) is 13.7. The summed E-state index contributed by atoms with van der Waals surface area (Å²) in [6.45, 7) is 5.91. The van der Waals surface area contributed by atoms with Crippen LogP contribution in [0.5, 0.6) is 0 Å². The van der Waals surface area contributed by atoms with Crippen molar-refractivity contribution >= 4 is 50.6 Å². The second kappa shape index (κ2) is 4.41. The molecule has 0 unspecified atom stereocenters. The standard InChI is InChI=1S/C13H12Cl2O2S/c1-13(2,3)9-8-6(14)4-5-7(15)10(8)18-11(9)12(16)17/h4-5H,1-3H3,(H,16,17). The van der Waals surface area contributed by atoms with Gasteiger partial charge >= 0.3 is 5.97 Å². The maximum atomic E-state index is 11.4. The third kappa shape index (κ3) is 2.11. The number of carboxylic acids is 1. The Bertz CT molecular complexity index is 638. The lowest BCUT2D eigenvalue weighted by Crippen LogP contribution is -2.14. The number of rotatable bonds is 1. The highest BCUT2D eigenvalue weighted by molar-refractivity contribution is 7.21. The molecule has 96 valence electrons. The fourth-order valence-corrected chi connectivity index (χ4v) is 3.86. The molecule has 2 rings (SSSR count). The van der Waals surface area contributed by atoms with E-state index in [2.05, 4.69) is 0 Å². The van der Waals surface area contributed by atoms with Crippen LogP contribution in [0.15, 0.2) is 12.1 Å². The van der Waals surface area contributed by atoms with Crippen molar-refractivity contribution in [3.63, 3.8) is 0 Å². The van der Waals surface area contributed by atoms with E-state index in [0.29, 0.717) is 14.9 Å². The molecule has 18 heavy (non-hydrogen) atoms. The molecule has 0 spiro atoms. The van der Waals surface area contributed by atoms with Gasteiger partial charge in [-0.2, -0.15) is 0 Å². The van der Waals surface area contributed by atoms with Crippen LogP contribution < -0.4 is 0 Å². The maximum absolute atomic E-state index is 11.4. The predicted octanol–water partition coefficient (Wildman–Crippen LogP) is 5.20. The Morgan fingerprint density at radius 1 is 1.22 bits per heavy atom. The molecule has 0 aliphatic heterocycles. The van der Waals surface area contributed by atoms with Crippen molar-refractivity contribution in [2.75, 3.05) is 0 Å². The molecular formula is C13H12Cl2O2S. The first-order valence-corrected chi connectivity index (χ1v) is 6.95. The van der Waals surface area contributed by atoms with Crippen LogP contribution in [-0.4, -0.2) is 11.1 Å². The Morgan fingerprint density at radius 3 is 2.28 bits per heavy atom. The number of carbonyl (C=O) groups is 1. The second-order valence-electron chi connectivity index (χ2n) is 5.09. The average Bonchev–Trinajstić information content (AvgIpc) is 2.64. The van der Waals surface area contributed by atoms with Crippen molar-refractivity contribution in [2.24, 2.45) is 0 Å². The Balaban J connectivity index is 3.00. The molecule has 2 aromatic rings. The van der Waals surface area contributed by atoms with E-state index in [1.165, 1.54) is 11.3 Å². The minimum atomic E-state index is -0.937. The summed E-state index contributed by atoms with van der Waals surface area (Å²) in [5, 5.41) is 11.2. The zero-order valence-electron chi connectivity index (χ0n) is 10.2. The highest BCUT2D eigenvalue weighted by atomic mass is 35.5. The first-order chi connectivity index (χ1) is 8.23. The third-order valence-corrected chi connectivity index (χ3v) is 4.64. The van der Waals surface area contributed by atoms with Gasteiger partial charge in [0.1, 0.15) is 4.88 Å². The number of aromatic carboxylic acids is 1. The smallest absolute Gasteiger partial charge is 0.346 e. The predicted molar refractivity (Wildman–Crippen MR) is 77.5 cm³/mol. The number of benzene rings is 1. The van der Waals surface area contributed by atoms with Gasteiger partial charge in [0, 0.05) is 10.4 Å². The molecule has 1 aromatic carbocycles. The monoisotopic (exact) mass is 302 g/mol. The van der Waals surface area contributed by atoms with Crippen LogP contribution in [-0.2, 0) is 5.41 Å². The number of thiophene rings is 1. The quantitative estimate of drug-likeness (QED) is 0.785. The van der Waals surface area contributed by atoms with Gasteiger partial charge in [0.05, 0.1) is 9.72 Å². The Kier molecular flexibility index (Phi) is 3.34. The van der Waals surface area contributed by atoms with E-state index in [1.807, 2.05) is 20.8 Å². The van der Waals surface area contributed by atoms with Crippen molar-refractivity contribution < 1.29 is 9.90 Å². The van der Waals surface area contributed by atoms with Crippen molar-refractivity contribution in [2.45, 2.75) is 26.2 Å². The molecule has 1 aromatic heterocycles. The van der Waals surface area contributed by atoms with E-state index in [0.717, 1.165) is 15.6 Å². The molecule has 5 heteroatoms. The summed E-state index contributed by atoms with van der Waals surface area (Å²) >= 11 is 13.5. The number of hydrogen-bond acceptors (Lipinski definition) is 2. The molecule has 0 saturated carbocycles. The molecule has 2 nitrogen and oxygen atoms in total. The van der Waals surface area contributed by atoms with Crippen LogP contribution in [0.2, 0.25) is 10.0 Å². The second-order valence-corrected chi connectivity index (χ2v) is 6.93. The molecule has 0 bridgehead atoms. The van der Waals surface area contributed by atoms with Crippen LogP contribution >= 0.6 is 34.5 Å². The summed E-state index contributed by atoms with van der Waals surface area (Å²) in [5.41, 5.74) is 0.447. The number of halogens is 2. The first-order valence-electron chi connectivity index (χ1n) is 5.37. The van der Waals surface area contributed by atoms with E-state index >= 15 is 0 Å². The third-order valence-electron chi connectivity index (χ3n) is 2.68. The van der Waals surface area contributed by atoms with Crippen LogP contribution in [0.1, 0.15) is 36.0 Å². The van der Waals surface area contributed by atoms with Crippen molar-refractivity contribution in [3.8, 4) is 0 Å². The summed E-state index contributed by atoms with van der Waals surface area (Å²) in [4.78, 5) is 11.7. The van der Waals surface area contributed by atoms with E-state index in [1.54, 1.807) is 12.1 Å². The zero-order valence-corrected chi connectivity index (χ0v) is 12.5. The summed E-state index contributed by atoms with van der Waals surface area (Å²) in [6, 6.07) is 3.40.